The van der Waals surface area contributed by atoms with Gasteiger partial charge < -0.3 is 5.32 Å². The van der Waals surface area contributed by atoms with E-state index in [0.717, 1.165) is 12.0 Å². The van der Waals surface area contributed by atoms with Crippen LogP contribution in [0.2, 0.25) is 5.02 Å². The second-order valence-electron chi connectivity index (χ2n) is 5.55. The van der Waals surface area contributed by atoms with Crippen LogP contribution in [0.15, 0.2) is 54.6 Å². The zero-order valence-corrected chi connectivity index (χ0v) is 13.1. The summed E-state index contributed by atoms with van der Waals surface area (Å²) in [4.78, 5) is 12.4. The van der Waals surface area contributed by atoms with Crippen LogP contribution in [0.1, 0.15) is 42.2 Å². The van der Waals surface area contributed by atoms with Gasteiger partial charge in [0.2, 0.25) is 0 Å². The van der Waals surface area contributed by atoms with E-state index in [1.54, 1.807) is 12.1 Å². The van der Waals surface area contributed by atoms with Crippen molar-refractivity contribution in [3.05, 3.63) is 70.7 Å². The quantitative estimate of drug-likeness (QED) is 0.839. The first-order valence-electron chi connectivity index (χ1n) is 7.18. The summed E-state index contributed by atoms with van der Waals surface area (Å²) in [6, 6.07) is 17.2. The monoisotopic (exact) mass is 301 g/mol. The van der Waals surface area contributed by atoms with E-state index < -0.39 is 0 Å². The molecule has 0 aliphatic heterocycles. The SMILES string of the molecule is CC(C)C[C@H](NC(=O)c1ccccc1Cl)c1ccccc1. The standard InChI is InChI=1S/C18H20ClNO/c1-13(2)12-17(14-8-4-3-5-9-14)20-18(21)15-10-6-7-11-16(15)19/h3-11,13,17H,12H2,1-2H3,(H,20,21)/t17-/m0/s1. The maximum absolute atomic E-state index is 12.4. The highest BCUT2D eigenvalue weighted by molar-refractivity contribution is 6.33. The molecule has 0 radical (unpaired) electrons. The van der Waals surface area contributed by atoms with E-state index in [2.05, 4.69) is 19.2 Å². The van der Waals surface area contributed by atoms with Gasteiger partial charge in [-0.05, 0) is 30.0 Å². The van der Waals surface area contributed by atoms with Crippen molar-refractivity contribution in [3.63, 3.8) is 0 Å². The molecule has 0 bridgehead atoms. The number of carbonyl (C=O) groups is 1. The van der Waals surface area contributed by atoms with Gasteiger partial charge in [-0.1, -0.05) is 67.9 Å². The smallest absolute Gasteiger partial charge is 0.253 e. The molecule has 3 heteroatoms. The van der Waals surface area contributed by atoms with Gasteiger partial charge in [-0.25, -0.2) is 0 Å². The van der Waals surface area contributed by atoms with Gasteiger partial charge in [0.15, 0.2) is 0 Å². The summed E-state index contributed by atoms with van der Waals surface area (Å²) >= 11 is 6.09. The summed E-state index contributed by atoms with van der Waals surface area (Å²) < 4.78 is 0. The van der Waals surface area contributed by atoms with Crippen molar-refractivity contribution in [2.75, 3.05) is 0 Å². The minimum Gasteiger partial charge on any atom is -0.345 e. The van der Waals surface area contributed by atoms with Crippen LogP contribution < -0.4 is 5.32 Å². The molecule has 0 heterocycles. The van der Waals surface area contributed by atoms with Crippen LogP contribution >= 0.6 is 11.6 Å². The number of hydrogen-bond donors (Lipinski definition) is 1. The van der Waals surface area contributed by atoms with Crippen LogP contribution in [0.25, 0.3) is 0 Å². The van der Waals surface area contributed by atoms with Crippen LogP contribution in [0.3, 0.4) is 0 Å². The number of halogens is 1. The lowest BCUT2D eigenvalue weighted by Crippen LogP contribution is -2.29. The highest BCUT2D eigenvalue weighted by Gasteiger charge is 2.18. The Morgan fingerprint density at radius 1 is 1.05 bits per heavy atom. The van der Waals surface area contributed by atoms with Crippen LogP contribution in [0.4, 0.5) is 0 Å². The molecule has 1 atom stereocenters. The Balaban J connectivity index is 2.19. The summed E-state index contributed by atoms with van der Waals surface area (Å²) in [6.45, 7) is 4.30. The van der Waals surface area contributed by atoms with Crippen molar-refractivity contribution in [2.45, 2.75) is 26.3 Å². The van der Waals surface area contributed by atoms with Crippen LogP contribution in [-0.4, -0.2) is 5.91 Å². The molecule has 0 aliphatic carbocycles. The van der Waals surface area contributed by atoms with Crippen molar-refractivity contribution in [2.24, 2.45) is 5.92 Å². The summed E-state index contributed by atoms with van der Waals surface area (Å²) in [7, 11) is 0. The van der Waals surface area contributed by atoms with Crippen LogP contribution in [0.5, 0.6) is 0 Å². The van der Waals surface area contributed by atoms with Gasteiger partial charge in [-0.3, -0.25) is 4.79 Å². The van der Waals surface area contributed by atoms with Gasteiger partial charge in [0.05, 0.1) is 16.6 Å². The lowest BCUT2D eigenvalue weighted by molar-refractivity contribution is 0.0932. The first kappa shape index (κ1) is 15.6. The van der Waals surface area contributed by atoms with Crippen molar-refractivity contribution >= 4 is 17.5 Å². The molecule has 2 aromatic carbocycles. The molecule has 0 aliphatic rings. The first-order valence-corrected chi connectivity index (χ1v) is 7.56. The van der Waals surface area contributed by atoms with Gasteiger partial charge in [-0.2, -0.15) is 0 Å². The molecule has 0 spiro atoms. The number of hydrogen-bond acceptors (Lipinski definition) is 1. The summed E-state index contributed by atoms with van der Waals surface area (Å²) in [6.07, 6.45) is 0.889. The Morgan fingerprint density at radius 3 is 2.29 bits per heavy atom. The van der Waals surface area contributed by atoms with Gasteiger partial charge >= 0.3 is 0 Å². The molecule has 0 saturated heterocycles. The second-order valence-corrected chi connectivity index (χ2v) is 5.95. The van der Waals surface area contributed by atoms with Gasteiger partial charge in [0, 0.05) is 0 Å². The third kappa shape index (κ3) is 4.33. The van der Waals surface area contributed by atoms with Gasteiger partial charge in [0.25, 0.3) is 5.91 Å². The summed E-state index contributed by atoms with van der Waals surface area (Å²) in [5.74, 6) is 0.358. The normalized spacial score (nSPS) is 12.2. The Labute approximate surface area is 131 Å². The second kappa shape index (κ2) is 7.28. The number of carbonyl (C=O) groups excluding carboxylic acids is 1. The molecule has 2 aromatic rings. The minimum atomic E-state index is -0.130. The highest BCUT2D eigenvalue weighted by atomic mass is 35.5. The molecule has 1 amide bonds. The highest BCUT2D eigenvalue weighted by Crippen LogP contribution is 2.23. The van der Waals surface area contributed by atoms with E-state index in [0.29, 0.717) is 16.5 Å². The Hall–Kier alpha value is -1.80. The summed E-state index contributed by atoms with van der Waals surface area (Å²) in [5, 5.41) is 3.58. The molecular weight excluding hydrogens is 282 g/mol. The third-order valence-electron chi connectivity index (χ3n) is 3.33. The van der Waals surface area contributed by atoms with E-state index >= 15 is 0 Å². The predicted molar refractivity (Wildman–Crippen MR) is 87.6 cm³/mol. The molecule has 2 rings (SSSR count). The average molecular weight is 302 g/mol. The topological polar surface area (TPSA) is 29.1 Å². The zero-order chi connectivity index (χ0) is 15.2. The fourth-order valence-electron chi connectivity index (χ4n) is 2.32. The molecule has 1 N–H and O–H groups in total. The van der Waals surface area contributed by atoms with E-state index in [9.17, 15) is 4.79 Å². The van der Waals surface area contributed by atoms with Crippen LogP contribution in [0, 0.1) is 5.92 Å². The molecule has 2 nitrogen and oxygen atoms in total. The molecule has 0 aromatic heterocycles. The number of rotatable bonds is 5. The Bertz CT molecular complexity index is 595. The van der Waals surface area contributed by atoms with Crippen LogP contribution in [-0.2, 0) is 0 Å². The number of nitrogens with one attached hydrogen (secondary N) is 1. The van der Waals surface area contributed by atoms with Gasteiger partial charge in [0.1, 0.15) is 0 Å². The van der Waals surface area contributed by atoms with E-state index in [-0.39, 0.29) is 11.9 Å². The molecule has 0 unspecified atom stereocenters. The molecule has 0 fully saturated rings. The molecule has 21 heavy (non-hydrogen) atoms. The van der Waals surface area contributed by atoms with Gasteiger partial charge in [-0.15, -0.1) is 0 Å². The zero-order valence-electron chi connectivity index (χ0n) is 12.3. The lowest BCUT2D eigenvalue weighted by atomic mass is 9.96. The Morgan fingerprint density at radius 2 is 1.67 bits per heavy atom. The average Bonchev–Trinajstić information content (AvgIpc) is 2.47. The van der Waals surface area contributed by atoms with E-state index in [1.165, 1.54) is 0 Å². The molecular formula is C18H20ClNO. The first-order chi connectivity index (χ1) is 10.1. The summed E-state index contributed by atoms with van der Waals surface area (Å²) in [5.41, 5.74) is 1.63. The van der Waals surface area contributed by atoms with E-state index in [4.69, 9.17) is 11.6 Å². The fraction of sp³-hybridized carbons (Fsp3) is 0.278. The Kier molecular flexibility index (Phi) is 5.40. The number of amides is 1. The molecule has 0 saturated carbocycles. The fourth-order valence-corrected chi connectivity index (χ4v) is 2.54. The van der Waals surface area contributed by atoms with E-state index in [1.807, 2.05) is 42.5 Å². The van der Waals surface area contributed by atoms with Crippen molar-refractivity contribution < 1.29 is 4.79 Å². The largest absolute Gasteiger partial charge is 0.345 e. The minimum absolute atomic E-state index is 0.00465. The maximum atomic E-state index is 12.4. The lowest BCUT2D eigenvalue weighted by Gasteiger charge is -2.21. The third-order valence-corrected chi connectivity index (χ3v) is 3.66. The van der Waals surface area contributed by atoms with Crippen molar-refractivity contribution in [1.29, 1.82) is 0 Å². The maximum Gasteiger partial charge on any atom is 0.253 e. The van der Waals surface area contributed by atoms with Crippen molar-refractivity contribution in [1.82, 2.24) is 5.32 Å². The predicted octanol–water partition coefficient (Wildman–Crippen LogP) is 4.86. The van der Waals surface area contributed by atoms with Crippen molar-refractivity contribution in [3.8, 4) is 0 Å². The number of benzene rings is 2. The molecule has 110 valence electrons.